The van der Waals surface area contributed by atoms with Crippen LogP contribution in [-0.4, -0.2) is 66.0 Å². The summed E-state index contributed by atoms with van der Waals surface area (Å²) in [6, 6.07) is 16.2. The Morgan fingerprint density at radius 2 is 1.74 bits per heavy atom. The summed E-state index contributed by atoms with van der Waals surface area (Å²) in [5.74, 6) is 0.0876. The first-order valence-electron chi connectivity index (χ1n) is 14.9. The Balaban J connectivity index is 0.00000148. The van der Waals surface area contributed by atoms with Crippen LogP contribution in [0.25, 0.3) is 10.9 Å². The first-order valence-corrected chi connectivity index (χ1v) is 14.9. The fraction of sp³-hybridized carbons (Fsp3) is 0.545. The monoisotopic (exact) mass is 579 g/mol. The van der Waals surface area contributed by atoms with Crippen LogP contribution in [0.3, 0.4) is 0 Å². The van der Waals surface area contributed by atoms with Gasteiger partial charge in [0.15, 0.2) is 6.29 Å². The van der Waals surface area contributed by atoms with Gasteiger partial charge in [0.25, 0.3) is 0 Å². The molecule has 1 aliphatic rings. The molecule has 1 aliphatic heterocycles. The van der Waals surface area contributed by atoms with Crippen molar-refractivity contribution in [1.82, 2.24) is 14.7 Å². The predicted molar refractivity (Wildman–Crippen MR) is 168 cm³/mol. The number of nitriles is 1. The second-order valence-corrected chi connectivity index (χ2v) is 10.9. The summed E-state index contributed by atoms with van der Waals surface area (Å²) in [7, 11) is 3.67. The van der Waals surface area contributed by atoms with Crippen molar-refractivity contribution in [3.63, 3.8) is 0 Å². The smallest absolute Gasteiger partial charge is 0.410 e. The van der Waals surface area contributed by atoms with E-state index in [9.17, 15) is 10.1 Å². The normalized spacial score (nSPS) is 16.3. The second kappa shape index (κ2) is 16.7. The van der Waals surface area contributed by atoms with E-state index in [1.54, 1.807) is 11.9 Å². The highest BCUT2D eigenvalue weighted by atomic mass is 16.7. The number of hydrogen-bond donors (Lipinski definition) is 0. The molecule has 0 spiro atoms. The van der Waals surface area contributed by atoms with Gasteiger partial charge in [0.2, 0.25) is 0 Å². The Hall–Kier alpha value is -3.61. The molecule has 0 atom stereocenters. The lowest BCUT2D eigenvalue weighted by molar-refractivity contribution is -0.203. The molecule has 0 radical (unpaired) electrons. The van der Waals surface area contributed by atoms with Gasteiger partial charge in [-0.05, 0) is 62.7 Å². The van der Waals surface area contributed by atoms with E-state index in [1.807, 2.05) is 90.7 Å². The van der Waals surface area contributed by atoms with Crippen molar-refractivity contribution in [2.24, 2.45) is 13.0 Å². The number of benzene rings is 2. The lowest BCUT2D eigenvalue weighted by atomic mass is 10.1. The molecule has 2 heterocycles. The molecule has 4 rings (SSSR count). The summed E-state index contributed by atoms with van der Waals surface area (Å²) in [5.41, 5.74) is 3.40. The average molecular weight is 580 g/mol. The lowest BCUT2D eigenvalue weighted by Gasteiger charge is -2.34. The molecule has 2 aromatic carbocycles. The van der Waals surface area contributed by atoms with Gasteiger partial charge in [-0.2, -0.15) is 10.4 Å². The Morgan fingerprint density at radius 1 is 1.10 bits per heavy atom. The Labute approximate surface area is 251 Å². The van der Waals surface area contributed by atoms with Crippen LogP contribution in [0.15, 0.2) is 48.7 Å². The SMILES string of the molecule is CC.CC.CN(CC1COC(CCN(Cc2ccc3c(cnn3C)c2)c2ccc(C#N)cc2)OC1)C(=O)OC(C)(C)C. The molecule has 1 amide bonds. The summed E-state index contributed by atoms with van der Waals surface area (Å²) in [6.45, 7) is 16.5. The standard InChI is InChI=1S/C29H37N5O4.2C2H6/c1-29(2,3)38-28(35)32(4)17-23-19-36-27(37-20-23)12-13-34(25-9-6-21(15-30)7-10-25)18-22-8-11-26-24(14-22)16-31-33(26)5;2*1-2/h6-11,14,16,23,27H,12-13,17-20H2,1-5H3;2*1-2H3. The van der Waals surface area contributed by atoms with Crippen LogP contribution in [0, 0.1) is 17.2 Å². The van der Waals surface area contributed by atoms with E-state index in [-0.39, 0.29) is 18.3 Å². The molecule has 0 unspecified atom stereocenters. The topological polar surface area (TPSA) is 92.9 Å². The molecule has 3 aromatic rings. The molecular formula is C33H49N5O4. The Morgan fingerprint density at radius 3 is 2.33 bits per heavy atom. The highest BCUT2D eigenvalue weighted by Gasteiger charge is 2.27. The summed E-state index contributed by atoms with van der Waals surface area (Å²) in [4.78, 5) is 16.1. The maximum Gasteiger partial charge on any atom is 0.410 e. The van der Waals surface area contributed by atoms with E-state index in [2.05, 4.69) is 34.3 Å². The molecule has 42 heavy (non-hydrogen) atoms. The summed E-state index contributed by atoms with van der Waals surface area (Å²) in [6.07, 6.45) is 1.90. The quantitative estimate of drug-likeness (QED) is 0.291. The zero-order valence-corrected chi connectivity index (χ0v) is 26.9. The van der Waals surface area contributed by atoms with Crippen LogP contribution in [0.1, 0.15) is 66.0 Å². The van der Waals surface area contributed by atoms with Crippen molar-refractivity contribution < 1.29 is 19.0 Å². The first kappa shape index (κ1) is 34.6. The van der Waals surface area contributed by atoms with Crippen LogP contribution in [0.4, 0.5) is 10.5 Å². The third kappa shape index (κ3) is 10.3. The van der Waals surface area contributed by atoms with Crippen molar-refractivity contribution in [2.45, 2.75) is 73.3 Å². The summed E-state index contributed by atoms with van der Waals surface area (Å²) < 4.78 is 19.4. The van der Waals surface area contributed by atoms with Gasteiger partial charge in [-0.3, -0.25) is 4.68 Å². The maximum atomic E-state index is 12.3. The van der Waals surface area contributed by atoms with E-state index in [0.717, 1.165) is 16.6 Å². The van der Waals surface area contributed by atoms with Gasteiger partial charge in [-0.25, -0.2) is 4.79 Å². The number of rotatable bonds is 8. The van der Waals surface area contributed by atoms with Gasteiger partial charge < -0.3 is 24.0 Å². The minimum Gasteiger partial charge on any atom is -0.444 e. The van der Waals surface area contributed by atoms with Gasteiger partial charge >= 0.3 is 6.09 Å². The van der Waals surface area contributed by atoms with Crippen molar-refractivity contribution >= 4 is 22.7 Å². The number of nitrogens with zero attached hydrogens (tertiary/aromatic N) is 5. The highest BCUT2D eigenvalue weighted by Crippen LogP contribution is 2.23. The minimum absolute atomic E-state index is 0.0876. The fourth-order valence-corrected chi connectivity index (χ4v) is 4.50. The van der Waals surface area contributed by atoms with E-state index in [1.165, 1.54) is 5.56 Å². The number of anilines is 1. The zero-order valence-electron chi connectivity index (χ0n) is 26.9. The zero-order chi connectivity index (χ0) is 31.3. The third-order valence-electron chi connectivity index (χ3n) is 6.45. The van der Waals surface area contributed by atoms with Crippen LogP contribution in [-0.2, 0) is 27.8 Å². The first-order chi connectivity index (χ1) is 20.1. The van der Waals surface area contributed by atoms with Gasteiger partial charge in [-0.1, -0.05) is 33.8 Å². The lowest BCUT2D eigenvalue weighted by Crippen LogP contribution is -2.42. The molecule has 9 heteroatoms. The van der Waals surface area contributed by atoms with Crippen molar-refractivity contribution in [3.8, 4) is 6.07 Å². The molecule has 1 saturated heterocycles. The number of fused-ring (bicyclic) bond motifs is 1. The van der Waals surface area contributed by atoms with Crippen LogP contribution in [0.5, 0.6) is 0 Å². The van der Waals surface area contributed by atoms with Gasteiger partial charge in [0.1, 0.15) is 5.60 Å². The number of hydrogen-bond acceptors (Lipinski definition) is 7. The molecule has 1 fully saturated rings. The number of aromatic nitrogens is 2. The van der Waals surface area contributed by atoms with E-state index < -0.39 is 5.60 Å². The van der Waals surface area contributed by atoms with Crippen molar-refractivity contribution in [2.75, 3.05) is 38.3 Å². The third-order valence-corrected chi connectivity index (χ3v) is 6.45. The largest absolute Gasteiger partial charge is 0.444 e. The molecule has 0 bridgehead atoms. The summed E-state index contributed by atoms with van der Waals surface area (Å²) >= 11 is 0. The highest BCUT2D eigenvalue weighted by molar-refractivity contribution is 5.79. The Bertz CT molecular complexity index is 1270. The van der Waals surface area contributed by atoms with E-state index in [4.69, 9.17) is 14.2 Å². The second-order valence-electron chi connectivity index (χ2n) is 10.9. The molecule has 230 valence electrons. The van der Waals surface area contributed by atoms with Gasteiger partial charge in [-0.15, -0.1) is 0 Å². The number of amides is 1. The number of carbonyl (C=O) groups is 1. The van der Waals surface area contributed by atoms with Crippen LogP contribution >= 0.6 is 0 Å². The molecule has 0 aliphatic carbocycles. The minimum atomic E-state index is -0.527. The molecule has 9 nitrogen and oxygen atoms in total. The predicted octanol–water partition coefficient (Wildman–Crippen LogP) is 6.75. The molecular weight excluding hydrogens is 530 g/mol. The van der Waals surface area contributed by atoms with Crippen LogP contribution in [0.2, 0.25) is 0 Å². The van der Waals surface area contributed by atoms with E-state index in [0.29, 0.717) is 44.8 Å². The average Bonchev–Trinajstić information content (AvgIpc) is 3.37. The molecule has 0 saturated carbocycles. The van der Waals surface area contributed by atoms with E-state index >= 15 is 0 Å². The number of ether oxygens (including phenoxy) is 3. The van der Waals surface area contributed by atoms with Crippen molar-refractivity contribution in [3.05, 3.63) is 59.8 Å². The fourth-order valence-electron chi connectivity index (χ4n) is 4.50. The maximum absolute atomic E-state index is 12.3. The number of carbonyl (C=O) groups excluding carboxylic acids is 1. The number of aryl methyl sites for hydroxylation is 1. The Kier molecular flexibility index (Phi) is 13.8. The summed E-state index contributed by atoms with van der Waals surface area (Å²) in [5, 5.41) is 14.7. The van der Waals surface area contributed by atoms with Crippen LogP contribution < -0.4 is 4.90 Å². The van der Waals surface area contributed by atoms with Gasteiger partial charge in [0.05, 0.1) is 36.6 Å². The molecule has 1 aromatic heterocycles. The van der Waals surface area contributed by atoms with Crippen molar-refractivity contribution in [1.29, 1.82) is 5.26 Å². The molecule has 0 N–H and O–H groups in total. The van der Waals surface area contributed by atoms with Gasteiger partial charge in [0, 0.05) is 57.1 Å².